The van der Waals surface area contributed by atoms with Gasteiger partial charge in [-0.25, -0.2) is 9.97 Å². The number of aryl methyl sites for hydroxylation is 1. The van der Waals surface area contributed by atoms with Crippen molar-refractivity contribution in [1.82, 2.24) is 40.6 Å². The number of nitrogens with zero attached hydrogens (tertiary/aromatic N) is 7. The zero-order valence-electron chi connectivity index (χ0n) is 24.2. The summed E-state index contributed by atoms with van der Waals surface area (Å²) < 4.78 is 69.0. The Kier molecular flexibility index (Phi) is 6.86. The number of para-hydroxylation sites is 2. The highest BCUT2D eigenvalue weighted by Crippen LogP contribution is 2.41. The Labute approximate surface area is 237 Å². The standard InChI is InChI=1S/C25H23N9O6S/c1-15-7-8-20(27-14-15)41(36,37)32-24-21(40-19-6-4-3-5-18(19)38-2)25(39-12-11-35)29-22(28-24)16-9-10-26-17(13-16)23-30-33-34-31-23/h3-10,13-14,35H,11-12H2,1-2H3,(H,28,29,32)(H,30,31,33,34)/i1D3. The van der Waals surface area contributed by atoms with Crippen molar-refractivity contribution in [3.05, 3.63) is 66.5 Å². The maximum atomic E-state index is 13.5. The van der Waals surface area contributed by atoms with Crippen molar-refractivity contribution in [3.63, 3.8) is 0 Å². The molecule has 210 valence electrons. The molecule has 1 aromatic carbocycles. The number of methoxy groups -OCH3 is 1. The van der Waals surface area contributed by atoms with Gasteiger partial charge in [0, 0.05) is 22.1 Å². The lowest BCUT2D eigenvalue weighted by molar-refractivity contribution is 0.192. The quantitative estimate of drug-likeness (QED) is 0.206. The summed E-state index contributed by atoms with van der Waals surface area (Å²) in [5, 5.41) is 22.7. The largest absolute Gasteiger partial charge is 0.493 e. The molecular formula is C25H23N9O6S. The molecule has 0 unspecified atom stereocenters. The molecule has 0 saturated heterocycles. The lowest BCUT2D eigenvalue weighted by Gasteiger charge is -2.18. The molecule has 3 N–H and O–H groups in total. The third-order valence-electron chi connectivity index (χ3n) is 5.28. The van der Waals surface area contributed by atoms with E-state index in [0.717, 1.165) is 18.3 Å². The summed E-state index contributed by atoms with van der Waals surface area (Å²) in [4.78, 5) is 16.9. The monoisotopic (exact) mass is 580 g/mol. The maximum Gasteiger partial charge on any atom is 0.280 e. The zero-order chi connectivity index (χ0) is 31.3. The van der Waals surface area contributed by atoms with Gasteiger partial charge in [0.1, 0.15) is 12.3 Å². The number of aliphatic hydroxyl groups is 1. The van der Waals surface area contributed by atoms with Crippen LogP contribution in [0, 0.1) is 6.85 Å². The predicted octanol–water partition coefficient (Wildman–Crippen LogP) is 2.39. The maximum absolute atomic E-state index is 13.5. The van der Waals surface area contributed by atoms with Gasteiger partial charge in [-0.05, 0) is 48.0 Å². The summed E-state index contributed by atoms with van der Waals surface area (Å²) >= 11 is 0. The van der Waals surface area contributed by atoms with Crippen molar-refractivity contribution in [1.29, 1.82) is 0 Å². The van der Waals surface area contributed by atoms with E-state index in [1.165, 1.54) is 13.3 Å². The van der Waals surface area contributed by atoms with Gasteiger partial charge in [-0.15, -0.1) is 10.2 Å². The molecule has 16 heteroatoms. The third-order valence-corrected chi connectivity index (χ3v) is 6.54. The Balaban J connectivity index is 1.65. The fourth-order valence-electron chi connectivity index (χ4n) is 3.45. The number of hydrogen-bond acceptors (Lipinski definition) is 13. The molecule has 4 aromatic heterocycles. The molecule has 0 bridgehead atoms. The second-order valence-corrected chi connectivity index (χ2v) is 9.64. The van der Waals surface area contributed by atoms with Crippen molar-refractivity contribution in [2.75, 3.05) is 25.0 Å². The van der Waals surface area contributed by atoms with Crippen LogP contribution in [0.5, 0.6) is 23.1 Å². The van der Waals surface area contributed by atoms with Gasteiger partial charge in [0.05, 0.1) is 13.7 Å². The van der Waals surface area contributed by atoms with E-state index < -0.39 is 28.5 Å². The number of nitrogens with one attached hydrogen (secondary N) is 2. The lowest BCUT2D eigenvalue weighted by atomic mass is 10.2. The molecule has 0 aliphatic heterocycles. The van der Waals surface area contributed by atoms with E-state index in [-0.39, 0.29) is 47.0 Å². The van der Waals surface area contributed by atoms with Gasteiger partial charge in [0.25, 0.3) is 15.9 Å². The third kappa shape index (κ3) is 6.18. The van der Waals surface area contributed by atoms with Crippen molar-refractivity contribution in [2.45, 2.75) is 11.9 Å². The highest BCUT2D eigenvalue weighted by molar-refractivity contribution is 7.92. The smallest absolute Gasteiger partial charge is 0.280 e. The fraction of sp³-hybridized carbons (Fsp3) is 0.160. The number of H-pyrrole nitrogens is 1. The topological polar surface area (TPSA) is 200 Å². The summed E-state index contributed by atoms with van der Waals surface area (Å²) in [5.74, 6) is -0.219. The van der Waals surface area contributed by atoms with Crippen LogP contribution in [-0.4, -0.2) is 74.4 Å². The van der Waals surface area contributed by atoms with E-state index in [0.29, 0.717) is 17.0 Å². The SMILES string of the molecule is [2H]C([2H])([2H])c1ccc(S(=O)(=O)Nc2nc(-c3ccnc(-c4nn[nH]n4)c3)nc(OCCO)c2Oc2ccccc2OC)nc1. The van der Waals surface area contributed by atoms with Crippen molar-refractivity contribution < 1.29 is 31.8 Å². The molecule has 15 nitrogen and oxygen atoms in total. The number of ether oxygens (including phenoxy) is 3. The van der Waals surface area contributed by atoms with Crippen LogP contribution in [0.1, 0.15) is 9.68 Å². The van der Waals surface area contributed by atoms with Crippen LogP contribution >= 0.6 is 0 Å². The van der Waals surface area contributed by atoms with Crippen LogP contribution < -0.4 is 18.9 Å². The molecule has 41 heavy (non-hydrogen) atoms. The summed E-state index contributed by atoms with van der Waals surface area (Å²) in [6.45, 7) is -3.11. The number of aromatic amines is 1. The van der Waals surface area contributed by atoms with Gasteiger partial charge in [-0.2, -0.15) is 18.6 Å². The molecule has 5 aromatic rings. The minimum absolute atomic E-state index is 0.0270. The van der Waals surface area contributed by atoms with Crippen LogP contribution in [0.4, 0.5) is 5.82 Å². The molecule has 0 atom stereocenters. The first kappa shape index (κ1) is 23.6. The van der Waals surface area contributed by atoms with Crippen LogP contribution in [0.3, 0.4) is 0 Å². The number of pyridine rings is 2. The Morgan fingerprint density at radius 1 is 1.07 bits per heavy atom. The number of anilines is 1. The average molecular weight is 581 g/mol. The van der Waals surface area contributed by atoms with Crippen LogP contribution in [0.15, 0.2) is 66.0 Å². The molecular weight excluding hydrogens is 554 g/mol. The van der Waals surface area contributed by atoms with E-state index in [2.05, 4.69) is 45.3 Å². The summed E-state index contributed by atoms with van der Waals surface area (Å²) in [5.41, 5.74) is 0.529. The Bertz CT molecular complexity index is 1860. The van der Waals surface area contributed by atoms with Gasteiger partial charge >= 0.3 is 0 Å². The molecule has 0 radical (unpaired) electrons. The first-order valence-electron chi connectivity index (χ1n) is 13.2. The summed E-state index contributed by atoms with van der Waals surface area (Å²) in [7, 11) is -3.06. The van der Waals surface area contributed by atoms with Crippen molar-refractivity contribution in [2.24, 2.45) is 0 Å². The molecule has 0 spiro atoms. The Morgan fingerprint density at radius 2 is 1.93 bits per heavy atom. The van der Waals surface area contributed by atoms with Crippen molar-refractivity contribution >= 4 is 15.8 Å². The van der Waals surface area contributed by atoms with Crippen molar-refractivity contribution in [3.8, 4) is 46.0 Å². The molecule has 5 rings (SSSR count). The second kappa shape index (κ2) is 11.9. The summed E-state index contributed by atoms with van der Waals surface area (Å²) in [6, 6.07) is 11.8. The highest BCUT2D eigenvalue weighted by Gasteiger charge is 2.26. The number of rotatable bonds is 11. The van der Waals surface area contributed by atoms with E-state index in [1.807, 2.05) is 0 Å². The molecule has 0 amide bonds. The van der Waals surface area contributed by atoms with Crippen LogP contribution in [0.25, 0.3) is 22.9 Å². The summed E-state index contributed by atoms with van der Waals surface area (Å²) in [6.07, 6.45) is 2.39. The number of tetrazole rings is 1. The van der Waals surface area contributed by atoms with Crippen LogP contribution in [-0.2, 0) is 10.0 Å². The van der Waals surface area contributed by atoms with Gasteiger partial charge < -0.3 is 19.3 Å². The molecule has 4 heterocycles. The average Bonchev–Trinajstić information content (AvgIpc) is 3.56. The number of aromatic nitrogens is 8. The van der Waals surface area contributed by atoms with E-state index in [4.69, 9.17) is 18.3 Å². The number of aliphatic hydroxyl groups excluding tert-OH is 1. The van der Waals surface area contributed by atoms with E-state index >= 15 is 0 Å². The van der Waals surface area contributed by atoms with Gasteiger partial charge in [-0.1, -0.05) is 18.2 Å². The second-order valence-electron chi connectivity index (χ2n) is 8.01. The highest BCUT2D eigenvalue weighted by atomic mass is 32.2. The molecule has 0 saturated carbocycles. The first-order chi connectivity index (χ1) is 21.1. The van der Waals surface area contributed by atoms with Crippen LogP contribution in [0.2, 0.25) is 0 Å². The van der Waals surface area contributed by atoms with E-state index in [9.17, 15) is 13.5 Å². The zero-order valence-corrected chi connectivity index (χ0v) is 22.0. The Hall–Kier alpha value is -5.22. The molecule has 0 fully saturated rings. The molecule has 0 aliphatic carbocycles. The number of sulfonamides is 1. The van der Waals surface area contributed by atoms with E-state index in [1.54, 1.807) is 36.4 Å². The van der Waals surface area contributed by atoms with Gasteiger partial charge in [-0.3, -0.25) is 9.71 Å². The normalized spacial score (nSPS) is 12.6. The minimum atomic E-state index is -4.48. The van der Waals surface area contributed by atoms with Gasteiger partial charge in [0.2, 0.25) is 11.6 Å². The van der Waals surface area contributed by atoms with Gasteiger partial charge in [0.15, 0.2) is 28.2 Å². The predicted molar refractivity (Wildman–Crippen MR) is 144 cm³/mol. The number of benzene rings is 1. The fourth-order valence-corrected chi connectivity index (χ4v) is 4.39. The minimum Gasteiger partial charge on any atom is -0.493 e. The molecule has 0 aliphatic rings. The number of hydrogen-bond donors (Lipinski definition) is 3. The lowest BCUT2D eigenvalue weighted by Crippen LogP contribution is -2.17. The Morgan fingerprint density at radius 3 is 2.63 bits per heavy atom. The first-order valence-corrected chi connectivity index (χ1v) is 13.2.